The number of rotatable bonds is 2. The molecule has 2 aliphatic heterocycles. The Hall–Kier alpha value is -0.0800. The van der Waals surface area contributed by atoms with Crippen molar-refractivity contribution in [3.63, 3.8) is 0 Å². The summed E-state index contributed by atoms with van der Waals surface area (Å²) in [7, 11) is 0. The Morgan fingerprint density at radius 3 is 2.92 bits per heavy atom. The Morgan fingerprint density at radius 2 is 2.38 bits per heavy atom. The van der Waals surface area contributed by atoms with Crippen molar-refractivity contribution in [3.05, 3.63) is 0 Å². The van der Waals surface area contributed by atoms with E-state index in [9.17, 15) is 0 Å². The normalized spacial score (nSPS) is 41.5. The molecule has 0 saturated carbocycles. The zero-order chi connectivity index (χ0) is 9.31. The number of nitrogens with one attached hydrogen (secondary N) is 1. The second-order valence-corrected chi connectivity index (χ2v) is 4.83. The maximum Gasteiger partial charge on any atom is 0.0194 e. The third-order valence-electron chi connectivity index (χ3n) is 4.02. The molecule has 2 nitrogen and oxygen atoms in total. The fourth-order valence-electron chi connectivity index (χ4n) is 2.91. The van der Waals surface area contributed by atoms with E-state index in [0.717, 1.165) is 5.92 Å². The average Bonchev–Trinajstić information content (AvgIpc) is 2.72. The highest BCUT2D eigenvalue weighted by Crippen LogP contribution is 2.33. The highest BCUT2D eigenvalue weighted by molar-refractivity contribution is 4.98. The molecule has 13 heavy (non-hydrogen) atoms. The number of likely N-dealkylation sites (tertiary alicyclic amines) is 1. The van der Waals surface area contributed by atoms with Crippen molar-refractivity contribution in [2.24, 2.45) is 5.92 Å². The zero-order valence-corrected chi connectivity index (χ0v) is 8.97. The number of nitrogens with zero attached hydrogens (tertiary/aromatic N) is 1. The molecule has 0 spiro atoms. The van der Waals surface area contributed by atoms with Crippen LogP contribution in [0.4, 0.5) is 0 Å². The van der Waals surface area contributed by atoms with Crippen molar-refractivity contribution in [1.82, 2.24) is 10.2 Å². The molecular weight excluding hydrogens is 160 g/mol. The van der Waals surface area contributed by atoms with E-state index in [1.54, 1.807) is 0 Å². The molecule has 0 aromatic carbocycles. The molecule has 0 bridgehead atoms. The van der Waals surface area contributed by atoms with Crippen molar-refractivity contribution >= 4 is 0 Å². The Bertz CT molecular complexity index is 173. The molecule has 1 N–H and O–H groups in total. The van der Waals surface area contributed by atoms with E-state index >= 15 is 0 Å². The molecule has 0 radical (unpaired) electrons. The predicted molar refractivity (Wildman–Crippen MR) is 55.9 cm³/mol. The van der Waals surface area contributed by atoms with E-state index in [1.807, 2.05) is 0 Å². The molecule has 2 heterocycles. The van der Waals surface area contributed by atoms with Crippen LogP contribution in [0.5, 0.6) is 0 Å². The van der Waals surface area contributed by atoms with Crippen LogP contribution in [0.15, 0.2) is 0 Å². The van der Waals surface area contributed by atoms with E-state index in [-0.39, 0.29) is 0 Å². The first-order chi connectivity index (χ1) is 6.24. The maximum absolute atomic E-state index is 3.69. The van der Waals surface area contributed by atoms with Gasteiger partial charge in [0.1, 0.15) is 0 Å². The van der Waals surface area contributed by atoms with Gasteiger partial charge in [-0.15, -0.1) is 0 Å². The zero-order valence-electron chi connectivity index (χ0n) is 8.97. The molecule has 2 saturated heterocycles. The van der Waals surface area contributed by atoms with Crippen LogP contribution in [-0.4, -0.2) is 36.6 Å². The summed E-state index contributed by atoms with van der Waals surface area (Å²) in [4.78, 5) is 2.58. The monoisotopic (exact) mass is 182 g/mol. The molecule has 2 heteroatoms. The summed E-state index contributed by atoms with van der Waals surface area (Å²) in [6, 6.07) is 0. The van der Waals surface area contributed by atoms with E-state index in [2.05, 4.69) is 24.1 Å². The van der Waals surface area contributed by atoms with Crippen molar-refractivity contribution in [1.29, 1.82) is 0 Å². The van der Waals surface area contributed by atoms with Crippen LogP contribution >= 0.6 is 0 Å². The highest BCUT2D eigenvalue weighted by Gasteiger charge is 2.39. The molecule has 0 aromatic rings. The molecule has 0 aliphatic carbocycles. The van der Waals surface area contributed by atoms with Crippen LogP contribution in [-0.2, 0) is 0 Å². The van der Waals surface area contributed by atoms with E-state index < -0.39 is 0 Å². The molecule has 2 aliphatic rings. The largest absolute Gasteiger partial charge is 0.311 e. The van der Waals surface area contributed by atoms with Crippen molar-refractivity contribution in [3.8, 4) is 0 Å². The van der Waals surface area contributed by atoms with Crippen LogP contribution in [0, 0.1) is 5.92 Å². The predicted octanol–water partition coefficient (Wildman–Crippen LogP) is 1.47. The van der Waals surface area contributed by atoms with Gasteiger partial charge in [0.25, 0.3) is 0 Å². The van der Waals surface area contributed by atoms with Gasteiger partial charge in [-0.05, 0) is 51.7 Å². The highest BCUT2D eigenvalue weighted by atomic mass is 15.2. The Labute approximate surface area is 81.7 Å². The maximum atomic E-state index is 3.69. The molecule has 2 unspecified atom stereocenters. The van der Waals surface area contributed by atoms with Gasteiger partial charge in [0, 0.05) is 12.1 Å². The Balaban J connectivity index is 1.94. The number of hydrogen-bond donors (Lipinski definition) is 1. The average molecular weight is 182 g/mol. The lowest BCUT2D eigenvalue weighted by Crippen LogP contribution is -2.45. The van der Waals surface area contributed by atoms with Gasteiger partial charge in [0.15, 0.2) is 0 Å². The summed E-state index contributed by atoms with van der Waals surface area (Å²) in [6.45, 7) is 9.79. The minimum atomic E-state index is 0.462. The van der Waals surface area contributed by atoms with Crippen LogP contribution in [0.1, 0.15) is 33.1 Å². The lowest BCUT2D eigenvalue weighted by Gasteiger charge is -2.31. The molecule has 0 aromatic heterocycles. The minimum Gasteiger partial charge on any atom is -0.311 e. The van der Waals surface area contributed by atoms with Gasteiger partial charge in [-0.1, -0.05) is 6.92 Å². The van der Waals surface area contributed by atoms with Crippen LogP contribution in [0.2, 0.25) is 0 Å². The molecule has 0 amide bonds. The van der Waals surface area contributed by atoms with E-state index in [0.29, 0.717) is 5.54 Å². The van der Waals surface area contributed by atoms with Crippen molar-refractivity contribution < 1.29 is 0 Å². The third kappa shape index (κ3) is 1.75. The molecule has 2 rings (SSSR count). The standard InChI is InChI=1S/C11H22N2/c1-3-13-8-5-10(9-13)11(2)6-4-7-12-11/h10,12H,3-9H2,1-2H3. The van der Waals surface area contributed by atoms with Crippen LogP contribution < -0.4 is 5.32 Å². The molecule has 76 valence electrons. The summed E-state index contributed by atoms with van der Waals surface area (Å²) >= 11 is 0. The van der Waals surface area contributed by atoms with Gasteiger partial charge < -0.3 is 10.2 Å². The summed E-state index contributed by atoms with van der Waals surface area (Å²) < 4.78 is 0. The lowest BCUT2D eigenvalue weighted by atomic mass is 9.84. The third-order valence-corrected chi connectivity index (χ3v) is 4.02. The molecule has 2 fully saturated rings. The van der Waals surface area contributed by atoms with E-state index in [1.165, 1.54) is 45.4 Å². The second-order valence-electron chi connectivity index (χ2n) is 4.83. The van der Waals surface area contributed by atoms with E-state index in [4.69, 9.17) is 0 Å². The SMILES string of the molecule is CCN1CCC(C2(C)CCCN2)C1. The van der Waals surface area contributed by atoms with Gasteiger partial charge in [-0.3, -0.25) is 0 Å². The molecule has 2 atom stereocenters. The summed E-state index contributed by atoms with van der Waals surface area (Å²) in [5.41, 5.74) is 0.462. The minimum absolute atomic E-state index is 0.462. The van der Waals surface area contributed by atoms with Crippen molar-refractivity contribution in [2.45, 2.75) is 38.6 Å². The van der Waals surface area contributed by atoms with Crippen LogP contribution in [0.25, 0.3) is 0 Å². The Kier molecular flexibility index (Phi) is 2.61. The van der Waals surface area contributed by atoms with Gasteiger partial charge >= 0.3 is 0 Å². The first-order valence-electron chi connectivity index (χ1n) is 5.72. The molecular formula is C11H22N2. The van der Waals surface area contributed by atoms with Gasteiger partial charge in [0.2, 0.25) is 0 Å². The lowest BCUT2D eigenvalue weighted by molar-refractivity contribution is 0.250. The quantitative estimate of drug-likeness (QED) is 0.695. The smallest absolute Gasteiger partial charge is 0.0194 e. The van der Waals surface area contributed by atoms with Crippen LogP contribution in [0.3, 0.4) is 0 Å². The fraction of sp³-hybridized carbons (Fsp3) is 1.00. The fourth-order valence-corrected chi connectivity index (χ4v) is 2.91. The van der Waals surface area contributed by atoms with Gasteiger partial charge in [-0.2, -0.15) is 0 Å². The topological polar surface area (TPSA) is 15.3 Å². The first kappa shape index (κ1) is 9.47. The summed E-state index contributed by atoms with van der Waals surface area (Å²) in [5, 5.41) is 3.69. The second kappa shape index (κ2) is 3.58. The number of hydrogen-bond acceptors (Lipinski definition) is 2. The van der Waals surface area contributed by atoms with Gasteiger partial charge in [-0.25, -0.2) is 0 Å². The first-order valence-corrected chi connectivity index (χ1v) is 5.72. The van der Waals surface area contributed by atoms with Gasteiger partial charge in [0.05, 0.1) is 0 Å². The summed E-state index contributed by atoms with van der Waals surface area (Å²) in [6.07, 6.45) is 4.16. The summed E-state index contributed by atoms with van der Waals surface area (Å²) in [5.74, 6) is 0.898. The van der Waals surface area contributed by atoms with Crippen molar-refractivity contribution in [2.75, 3.05) is 26.2 Å². The Morgan fingerprint density at radius 1 is 1.54 bits per heavy atom.